The Kier molecular flexibility index (Phi) is 4.33. The van der Waals surface area contributed by atoms with Crippen LogP contribution in [0.25, 0.3) is 16.9 Å². The lowest BCUT2D eigenvalue weighted by atomic mass is 9.79. The summed E-state index contributed by atoms with van der Waals surface area (Å²) in [5.74, 6) is 1.40. The van der Waals surface area contributed by atoms with Crippen LogP contribution in [-0.4, -0.2) is 48.1 Å². The Balaban J connectivity index is 1.70. The molecule has 4 rings (SSSR count). The quantitative estimate of drug-likeness (QED) is 0.650. The standard InChI is InChI=1S/C17H16F3N7O/c1-3-9(2)28-14-13(10-6-22-23-7-10)21-8-27-15(14)25-16(26-27)24-12-5-4-11(12)17(18,19)20/h1,6-9,11-12H,4-5H2,2H3,(H,22,23)(H,24,26)/t9-,11-,12-/m0/s1. The Morgan fingerprint density at radius 1 is 1.43 bits per heavy atom. The second kappa shape index (κ2) is 6.70. The summed E-state index contributed by atoms with van der Waals surface area (Å²) in [4.78, 5) is 8.63. The molecule has 3 aromatic rings. The number of alkyl halides is 3. The van der Waals surface area contributed by atoms with E-state index in [1.165, 1.54) is 10.8 Å². The van der Waals surface area contributed by atoms with Crippen molar-refractivity contribution in [1.82, 2.24) is 29.8 Å². The summed E-state index contributed by atoms with van der Waals surface area (Å²) in [5.41, 5.74) is 1.38. The zero-order valence-electron chi connectivity index (χ0n) is 14.7. The molecule has 28 heavy (non-hydrogen) atoms. The third-order valence-electron chi connectivity index (χ3n) is 4.66. The molecule has 11 heteroatoms. The Bertz CT molecular complexity index is 1020. The number of nitrogens with zero attached hydrogens (tertiary/aromatic N) is 5. The SMILES string of the molecule is C#C[C@H](C)Oc1c(-c2cn[nH]c2)ncn2nc(N[C@H]3CC[C@@H]3C(F)(F)F)nc12. The maximum atomic E-state index is 13.0. The monoisotopic (exact) mass is 391 g/mol. The van der Waals surface area contributed by atoms with Crippen LogP contribution in [-0.2, 0) is 0 Å². The number of hydrogen-bond donors (Lipinski definition) is 2. The van der Waals surface area contributed by atoms with Crippen molar-refractivity contribution in [3.05, 3.63) is 18.7 Å². The Labute approximate surface area is 157 Å². The first kappa shape index (κ1) is 18.1. The first-order valence-corrected chi connectivity index (χ1v) is 8.57. The van der Waals surface area contributed by atoms with E-state index in [4.69, 9.17) is 11.2 Å². The van der Waals surface area contributed by atoms with Crippen LogP contribution >= 0.6 is 0 Å². The molecule has 8 nitrogen and oxygen atoms in total. The number of ether oxygens (including phenoxy) is 1. The fraction of sp³-hybridized carbons (Fsp3) is 0.412. The highest BCUT2D eigenvalue weighted by atomic mass is 19.4. The maximum absolute atomic E-state index is 13.0. The van der Waals surface area contributed by atoms with Crippen LogP contribution in [0.3, 0.4) is 0 Å². The second-order valence-electron chi connectivity index (χ2n) is 6.52. The van der Waals surface area contributed by atoms with Gasteiger partial charge < -0.3 is 10.1 Å². The number of halogens is 3. The van der Waals surface area contributed by atoms with Crippen molar-refractivity contribution in [2.45, 2.75) is 38.1 Å². The Hall–Kier alpha value is -3.29. The molecule has 1 aliphatic carbocycles. The van der Waals surface area contributed by atoms with Crippen molar-refractivity contribution < 1.29 is 17.9 Å². The Morgan fingerprint density at radius 3 is 2.86 bits per heavy atom. The number of H-pyrrole nitrogens is 1. The molecule has 146 valence electrons. The zero-order chi connectivity index (χ0) is 19.9. The number of terminal acetylenes is 1. The van der Waals surface area contributed by atoms with Crippen molar-refractivity contribution in [1.29, 1.82) is 0 Å². The number of anilines is 1. The average Bonchev–Trinajstić information content (AvgIpc) is 3.26. The summed E-state index contributed by atoms with van der Waals surface area (Å²) in [7, 11) is 0. The lowest BCUT2D eigenvalue weighted by Gasteiger charge is -2.37. The Morgan fingerprint density at radius 2 is 2.25 bits per heavy atom. The van der Waals surface area contributed by atoms with Crippen molar-refractivity contribution in [3.63, 3.8) is 0 Å². The van der Waals surface area contributed by atoms with E-state index in [1.807, 2.05) is 0 Å². The van der Waals surface area contributed by atoms with E-state index < -0.39 is 24.2 Å². The van der Waals surface area contributed by atoms with Gasteiger partial charge in [0.25, 0.3) is 0 Å². The predicted molar refractivity (Wildman–Crippen MR) is 93.5 cm³/mol. The van der Waals surface area contributed by atoms with Gasteiger partial charge in [0, 0.05) is 17.8 Å². The van der Waals surface area contributed by atoms with Crippen molar-refractivity contribution in [3.8, 4) is 29.4 Å². The molecule has 0 amide bonds. The molecule has 3 aromatic heterocycles. The molecule has 3 atom stereocenters. The topological polar surface area (TPSA) is 93.0 Å². The first-order valence-electron chi connectivity index (χ1n) is 8.57. The number of rotatable bonds is 5. The highest BCUT2D eigenvalue weighted by Gasteiger charge is 2.50. The third-order valence-corrected chi connectivity index (χ3v) is 4.66. The van der Waals surface area contributed by atoms with Gasteiger partial charge in [-0.15, -0.1) is 11.5 Å². The molecule has 1 fully saturated rings. The van der Waals surface area contributed by atoms with Crippen LogP contribution in [0.2, 0.25) is 0 Å². The van der Waals surface area contributed by atoms with Crippen LogP contribution in [0.1, 0.15) is 19.8 Å². The van der Waals surface area contributed by atoms with E-state index in [1.54, 1.807) is 19.3 Å². The van der Waals surface area contributed by atoms with Crippen LogP contribution in [0.4, 0.5) is 19.1 Å². The largest absolute Gasteiger partial charge is 0.472 e. The van der Waals surface area contributed by atoms with Gasteiger partial charge in [-0.05, 0) is 19.8 Å². The fourth-order valence-corrected chi connectivity index (χ4v) is 3.03. The first-order chi connectivity index (χ1) is 13.4. The average molecular weight is 391 g/mol. The summed E-state index contributed by atoms with van der Waals surface area (Å²) >= 11 is 0. The van der Waals surface area contributed by atoms with Crippen LogP contribution in [0, 0.1) is 18.3 Å². The molecule has 0 aliphatic heterocycles. The summed E-state index contributed by atoms with van der Waals surface area (Å²) in [6.45, 7) is 1.68. The summed E-state index contributed by atoms with van der Waals surface area (Å²) < 4.78 is 46.0. The smallest absolute Gasteiger partial charge is 0.393 e. The molecule has 0 spiro atoms. The number of hydrogen-bond acceptors (Lipinski definition) is 6. The fourth-order valence-electron chi connectivity index (χ4n) is 3.03. The van der Waals surface area contributed by atoms with E-state index in [0.717, 1.165) is 0 Å². The van der Waals surface area contributed by atoms with Crippen LogP contribution in [0.15, 0.2) is 18.7 Å². The number of fused-ring (bicyclic) bond motifs is 1. The van der Waals surface area contributed by atoms with E-state index in [0.29, 0.717) is 23.3 Å². The van der Waals surface area contributed by atoms with Crippen molar-refractivity contribution in [2.75, 3.05) is 5.32 Å². The van der Waals surface area contributed by atoms with E-state index >= 15 is 0 Å². The highest BCUT2D eigenvalue weighted by Crippen LogP contribution is 2.42. The van der Waals surface area contributed by atoms with Gasteiger partial charge in [-0.25, -0.2) is 4.98 Å². The number of nitrogens with one attached hydrogen (secondary N) is 2. The molecule has 0 aromatic carbocycles. The highest BCUT2D eigenvalue weighted by molar-refractivity contribution is 5.74. The predicted octanol–water partition coefficient (Wildman–Crippen LogP) is 2.67. The molecule has 3 heterocycles. The van der Waals surface area contributed by atoms with Gasteiger partial charge in [0.1, 0.15) is 12.0 Å². The van der Waals surface area contributed by atoms with E-state index in [-0.39, 0.29) is 18.1 Å². The maximum Gasteiger partial charge on any atom is 0.393 e. The lowest BCUT2D eigenvalue weighted by molar-refractivity contribution is -0.197. The minimum Gasteiger partial charge on any atom is -0.472 e. The van der Waals surface area contributed by atoms with Gasteiger partial charge in [0.05, 0.1) is 12.1 Å². The molecule has 1 saturated carbocycles. The summed E-state index contributed by atoms with van der Waals surface area (Å²) in [5, 5.41) is 13.5. The summed E-state index contributed by atoms with van der Waals surface area (Å²) in [6, 6.07) is -0.757. The van der Waals surface area contributed by atoms with Gasteiger partial charge in [-0.1, -0.05) is 5.92 Å². The van der Waals surface area contributed by atoms with Gasteiger partial charge in [0.15, 0.2) is 11.9 Å². The third kappa shape index (κ3) is 3.21. The summed E-state index contributed by atoms with van der Waals surface area (Å²) in [6.07, 6.45) is 5.67. The lowest BCUT2D eigenvalue weighted by Crippen LogP contribution is -2.46. The molecule has 0 saturated heterocycles. The minimum absolute atomic E-state index is 0.0725. The van der Waals surface area contributed by atoms with Crippen LogP contribution in [0.5, 0.6) is 5.75 Å². The molecule has 0 unspecified atom stereocenters. The van der Waals surface area contributed by atoms with Gasteiger partial charge >= 0.3 is 6.18 Å². The van der Waals surface area contributed by atoms with E-state index in [9.17, 15) is 13.2 Å². The van der Waals surface area contributed by atoms with Crippen molar-refractivity contribution >= 4 is 11.6 Å². The van der Waals surface area contributed by atoms with Crippen LogP contribution < -0.4 is 10.1 Å². The number of aromatic nitrogens is 6. The minimum atomic E-state index is -4.25. The molecule has 0 radical (unpaired) electrons. The van der Waals surface area contributed by atoms with Crippen molar-refractivity contribution in [2.24, 2.45) is 5.92 Å². The molecular weight excluding hydrogens is 375 g/mol. The number of aromatic amines is 1. The van der Waals surface area contributed by atoms with E-state index in [2.05, 4.69) is 36.5 Å². The molecule has 0 bridgehead atoms. The molecule has 1 aliphatic rings. The zero-order valence-corrected chi connectivity index (χ0v) is 14.7. The second-order valence-corrected chi connectivity index (χ2v) is 6.52. The van der Waals surface area contributed by atoms with Gasteiger partial charge in [-0.2, -0.15) is 27.8 Å². The van der Waals surface area contributed by atoms with Gasteiger partial charge in [-0.3, -0.25) is 5.10 Å². The molecular formula is C17H16F3N7O. The normalized spacial score (nSPS) is 20.4. The van der Waals surface area contributed by atoms with Gasteiger partial charge in [0.2, 0.25) is 11.6 Å². The molecule has 2 N–H and O–H groups in total.